The van der Waals surface area contributed by atoms with Crippen molar-refractivity contribution < 1.29 is 9.63 Å². The predicted octanol–water partition coefficient (Wildman–Crippen LogP) is 3.90. The first-order valence-corrected chi connectivity index (χ1v) is 9.52. The standard InChI is InChI=1S/C20H24N2O2S/c1-16(8-9-17-6-4-3-5-7-17)22-20(23)15-24-21-14-18-10-12-19(25-2)13-11-18/h3-7,10-14,16H,8-9,15H2,1-2H3,(H,22,23)/b21-14-/t16-/m0/s1. The average molecular weight is 356 g/mol. The molecule has 0 aliphatic carbocycles. The third kappa shape index (κ3) is 7.44. The molecule has 2 aromatic carbocycles. The van der Waals surface area contributed by atoms with Gasteiger partial charge in [0.1, 0.15) is 0 Å². The maximum atomic E-state index is 11.8. The first kappa shape index (κ1) is 19.1. The zero-order chi connectivity index (χ0) is 17.9. The van der Waals surface area contributed by atoms with Gasteiger partial charge in [0, 0.05) is 10.9 Å². The lowest BCUT2D eigenvalue weighted by Gasteiger charge is -2.13. The van der Waals surface area contributed by atoms with Crippen molar-refractivity contribution in [2.75, 3.05) is 12.9 Å². The number of amides is 1. The number of carbonyl (C=O) groups excluding carboxylic acids is 1. The third-order valence-electron chi connectivity index (χ3n) is 3.70. The van der Waals surface area contributed by atoms with Crippen molar-refractivity contribution in [2.24, 2.45) is 5.16 Å². The van der Waals surface area contributed by atoms with Gasteiger partial charge in [-0.25, -0.2) is 0 Å². The zero-order valence-corrected chi connectivity index (χ0v) is 15.5. The Morgan fingerprint density at radius 3 is 2.60 bits per heavy atom. The summed E-state index contributed by atoms with van der Waals surface area (Å²) in [6.45, 7) is 1.92. The summed E-state index contributed by atoms with van der Waals surface area (Å²) < 4.78 is 0. The molecule has 1 N–H and O–H groups in total. The van der Waals surface area contributed by atoms with Crippen LogP contribution in [0.1, 0.15) is 24.5 Å². The molecule has 0 radical (unpaired) electrons. The molecule has 0 bridgehead atoms. The number of benzene rings is 2. The van der Waals surface area contributed by atoms with Crippen molar-refractivity contribution in [2.45, 2.75) is 30.7 Å². The zero-order valence-electron chi connectivity index (χ0n) is 14.6. The normalized spacial score (nSPS) is 12.1. The molecule has 5 heteroatoms. The molecule has 132 valence electrons. The summed E-state index contributed by atoms with van der Waals surface area (Å²) in [6, 6.07) is 18.3. The quantitative estimate of drug-likeness (QED) is 0.421. The Balaban J connectivity index is 1.64. The Labute approximate surface area is 153 Å². The Morgan fingerprint density at radius 1 is 1.20 bits per heavy atom. The van der Waals surface area contributed by atoms with E-state index in [2.05, 4.69) is 22.6 Å². The average Bonchev–Trinajstić information content (AvgIpc) is 2.65. The second-order valence-electron chi connectivity index (χ2n) is 5.77. The lowest BCUT2D eigenvalue weighted by Crippen LogP contribution is -2.35. The van der Waals surface area contributed by atoms with E-state index in [0.717, 1.165) is 18.4 Å². The number of oxime groups is 1. The van der Waals surface area contributed by atoms with Crippen LogP contribution in [0.25, 0.3) is 0 Å². The van der Waals surface area contributed by atoms with Gasteiger partial charge in [-0.1, -0.05) is 47.6 Å². The maximum Gasteiger partial charge on any atom is 0.260 e. The van der Waals surface area contributed by atoms with Crippen molar-refractivity contribution >= 4 is 23.9 Å². The number of nitrogens with zero attached hydrogens (tertiary/aromatic N) is 1. The Kier molecular flexibility index (Phi) is 8.05. The fourth-order valence-electron chi connectivity index (χ4n) is 2.30. The van der Waals surface area contributed by atoms with E-state index in [1.54, 1.807) is 18.0 Å². The highest BCUT2D eigenvalue weighted by atomic mass is 32.2. The molecule has 0 saturated carbocycles. The van der Waals surface area contributed by atoms with Crippen LogP contribution in [-0.2, 0) is 16.1 Å². The number of thioether (sulfide) groups is 1. The van der Waals surface area contributed by atoms with Crippen molar-refractivity contribution in [1.82, 2.24) is 5.32 Å². The number of hydrogen-bond donors (Lipinski definition) is 1. The highest BCUT2D eigenvalue weighted by Crippen LogP contribution is 2.13. The van der Waals surface area contributed by atoms with Crippen LogP contribution in [0.15, 0.2) is 64.6 Å². The van der Waals surface area contributed by atoms with Crippen molar-refractivity contribution in [1.29, 1.82) is 0 Å². The van der Waals surface area contributed by atoms with Gasteiger partial charge in [-0.15, -0.1) is 11.8 Å². The first-order chi connectivity index (χ1) is 12.2. The van der Waals surface area contributed by atoms with Crippen LogP contribution in [-0.4, -0.2) is 31.0 Å². The lowest BCUT2D eigenvalue weighted by molar-refractivity contribution is -0.126. The van der Waals surface area contributed by atoms with Gasteiger partial charge >= 0.3 is 0 Å². The molecule has 0 spiro atoms. The number of carbonyl (C=O) groups is 1. The highest BCUT2D eigenvalue weighted by molar-refractivity contribution is 7.98. The molecule has 0 aliphatic rings. The van der Waals surface area contributed by atoms with E-state index in [1.165, 1.54) is 10.5 Å². The summed E-state index contributed by atoms with van der Waals surface area (Å²) in [5.41, 5.74) is 2.21. The Hall–Kier alpha value is -2.27. The van der Waals surface area contributed by atoms with Crippen LogP contribution in [0, 0.1) is 0 Å². The van der Waals surface area contributed by atoms with E-state index in [0.29, 0.717) is 0 Å². The molecule has 4 nitrogen and oxygen atoms in total. The third-order valence-corrected chi connectivity index (χ3v) is 4.45. The predicted molar refractivity (Wildman–Crippen MR) is 104 cm³/mol. The summed E-state index contributed by atoms with van der Waals surface area (Å²) >= 11 is 1.69. The molecule has 0 saturated heterocycles. The highest BCUT2D eigenvalue weighted by Gasteiger charge is 2.07. The van der Waals surface area contributed by atoms with Crippen LogP contribution in [0.4, 0.5) is 0 Å². The van der Waals surface area contributed by atoms with Gasteiger partial charge in [-0.3, -0.25) is 4.79 Å². The van der Waals surface area contributed by atoms with Gasteiger partial charge in [-0.05, 0) is 49.3 Å². The maximum absolute atomic E-state index is 11.8. The molecular formula is C20H24N2O2S. The molecular weight excluding hydrogens is 332 g/mol. The van der Waals surface area contributed by atoms with Crippen LogP contribution < -0.4 is 5.32 Å². The van der Waals surface area contributed by atoms with Gasteiger partial charge in [0.25, 0.3) is 5.91 Å². The van der Waals surface area contributed by atoms with Crippen molar-refractivity contribution in [3.8, 4) is 0 Å². The topological polar surface area (TPSA) is 50.7 Å². The summed E-state index contributed by atoms with van der Waals surface area (Å²) in [5.74, 6) is -0.157. The molecule has 1 amide bonds. The molecule has 25 heavy (non-hydrogen) atoms. The fourth-order valence-corrected chi connectivity index (χ4v) is 2.71. The number of rotatable bonds is 9. The minimum atomic E-state index is -0.157. The molecule has 0 fully saturated rings. The molecule has 0 unspecified atom stereocenters. The molecule has 0 heterocycles. The van der Waals surface area contributed by atoms with Crippen molar-refractivity contribution in [3.63, 3.8) is 0 Å². The van der Waals surface area contributed by atoms with Crippen LogP contribution in [0.3, 0.4) is 0 Å². The van der Waals surface area contributed by atoms with E-state index in [-0.39, 0.29) is 18.6 Å². The Morgan fingerprint density at radius 2 is 1.92 bits per heavy atom. The van der Waals surface area contributed by atoms with Crippen LogP contribution in [0.5, 0.6) is 0 Å². The number of aryl methyl sites for hydroxylation is 1. The van der Waals surface area contributed by atoms with Gasteiger partial charge in [0.05, 0.1) is 6.21 Å². The van der Waals surface area contributed by atoms with E-state index in [9.17, 15) is 4.79 Å². The Bertz CT molecular complexity index is 672. The smallest absolute Gasteiger partial charge is 0.260 e. The SMILES string of the molecule is CSc1ccc(/C=N\OCC(=O)N[C@@H](C)CCc2ccccc2)cc1. The molecule has 2 rings (SSSR count). The van der Waals surface area contributed by atoms with E-state index in [4.69, 9.17) is 4.84 Å². The number of hydrogen-bond acceptors (Lipinski definition) is 4. The molecule has 0 aliphatic heterocycles. The van der Waals surface area contributed by atoms with Crippen LogP contribution >= 0.6 is 11.8 Å². The van der Waals surface area contributed by atoms with E-state index in [1.807, 2.05) is 55.6 Å². The molecule has 2 aromatic rings. The monoisotopic (exact) mass is 356 g/mol. The summed E-state index contributed by atoms with van der Waals surface area (Å²) in [6.07, 6.45) is 5.47. The fraction of sp³-hybridized carbons (Fsp3) is 0.300. The van der Waals surface area contributed by atoms with Gasteiger partial charge < -0.3 is 10.2 Å². The summed E-state index contributed by atoms with van der Waals surface area (Å²) in [7, 11) is 0. The van der Waals surface area contributed by atoms with Crippen LogP contribution in [0.2, 0.25) is 0 Å². The van der Waals surface area contributed by atoms with Gasteiger partial charge in [-0.2, -0.15) is 0 Å². The lowest BCUT2D eigenvalue weighted by atomic mass is 10.1. The van der Waals surface area contributed by atoms with Gasteiger partial charge in [0.15, 0.2) is 6.61 Å². The molecule has 1 atom stereocenters. The minimum absolute atomic E-state index is 0.0743. The first-order valence-electron chi connectivity index (χ1n) is 8.30. The molecule has 0 aromatic heterocycles. The minimum Gasteiger partial charge on any atom is -0.386 e. The van der Waals surface area contributed by atoms with Crippen molar-refractivity contribution in [3.05, 3.63) is 65.7 Å². The number of nitrogens with one attached hydrogen (secondary N) is 1. The largest absolute Gasteiger partial charge is 0.386 e. The second-order valence-corrected chi connectivity index (χ2v) is 6.65. The van der Waals surface area contributed by atoms with Gasteiger partial charge in [0.2, 0.25) is 0 Å². The van der Waals surface area contributed by atoms with E-state index < -0.39 is 0 Å². The summed E-state index contributed by atoms with van der Waals surface area (Å²) in [4.78, 5) is 18.1. The van der Waals surface area contributed by atoms with E-state index >= 15 is 0 Å². The summed E-state index contributed by atoms with van der Waals surface area (Å²) in [5, 5.41) is 6.77. The second kappa shape index (κ2) is 10.6.